The number of amides is 1. The fraction of sp³-hybridized carbons (Fsp3) is 0.579. The Kier molecular flexibility index (Phi) is 9.60. The number of aliphatic carboxylic acids is 1. The van der Waals surface area contributed by atoms with Crippen LogP contribution in [0.5, 0.6) is 11.5 Å². The molecule has 0 saturated heterocycles. The summed E-state index contributed by atoms with van der Waals surface area (Å²) in [6.45, 7) is 1.62. The molecule has 27 heavy (non-hydrogen) atoms. The van der Waals surface area contributed by atoms with Gasteiger partial charge in [-0.15, -0.1) is 0 Å². The van der Waals surface area contributed by atoms with Crippen LogP contribution in [0.15, 0.2) is 18.2 Å². The van der Waals surface area contributed by atoms with Crippen molar-refractivity contribution in [2.45, 2.75) is 44.8 Å². The van der Waals surface area contributed by atoms with Gasteiger partial charge in [-0.2, -0.15) is 0 Å². The second-order valence-corrected chi connectivity index (χ2v) is 6.52. The first kappa shape index (κ1) is 22.7. The van der Waals surface area contributed by atoms with Crippen LogP contribution in [-0.4, -0.2) is 55.0 Å². The number of methoxy groups -OCH3 is 2. The zero-order chi connectivity index (χ0) is 20.4. The molecule has 1 aromatic carbocycles. The van der Waals surface area contributed by atoms with Crippen molar-refractivity contribution in [1.82, 2.24) is 5.32 Å². The van der Waals surface area contributed by atoms with E-state index < -0.39 is 12.1 Å². The molecule has 0 unspecified atom stereocenters. The number of carboxylic acid groups (broad SMARTS) is 1. The first-order valence-electron chi connectivity index (χ1n) is 8.89. The highest BCUT2D eigenvalue weighted by atomic mass is 16.5. The van der Waals surface area contributed by atoms with Crippen LogP contribution in [0.1, 0.15) is 31.7 Å². The molecular formula is C19H30N2O6. The highest BCUT2D eigenvalue weighted by molar-refractivity contribution is 5.78. The third kappa shape index (κ3) is 8.27. The fourth-order valence-electron chi connectivity index (χ4n) is 2.89. The maximum Gasteiger partial charge on any atom is 0.300 e. The molecule has 1 aliphatic rings. The molecule has 0 radical (unpaired) electrons. The Balaban J connectivity index is 0.000000828. The van der Waals surface area contributed by atoms with E-state index in [2.05, 4.69) is 5.32 Å². The maximum atomic E-state index is 12.2. The van der Waals surface area contributed by atoms with Crippen molar-refractivity contribution < 1.29 is 29.3 Å². The van der Waals surface area contributed by atoms with Crippen LogP contribution in [0.3, 0.4) is 0 Å². The molecule has 1 fully saturated rings. The smallest absolute Gasteiger partial charge is 0.300 e. The number of nitrogens with one attached hydrogen (secondary N) is 1. The van der Waals surface area contributed by atoms with E-state index in [1.807, 2.05) is 18.2 Å². The van der Waals surface area contributed by atoms with Crippen molar-refractivity contribution in [2.75, 3.05) is 20.8 Å². The van der Waals surface area contributed by atoms with E-state index in [0.717, 1.165) is 30.4 Å². The van der Waals surface area contributed by atoms with E-state index in [1.54, 1.807) is 14.2 Å². The summed E-state index contributed by atoms with van der Waals surface area (Å²) in [4.78, 5) is 21.2. The molecule has 0 bridgehead atoms. The zero-order valence-corrected chi connectivity index (χ0v) is 16.1. The first-order valence-corrected chi connectivity index (χ1v) is 8.89. The SMILES string of the molecule is CC(=O)O.COc1cc(CCNC(=O)[C@H]2CC[C@@H](N)[C@H](O)C2)cc(OC)c1. The third-order valence-electron chi connectivity index (χ3n) is 4.36. The third-order valence-corrected chi connectivity index (χ3v) is 4.36. The van der Waals surface area contributed by atoms with Gasteiger partial charge in [0.15, 0.2) is 0 Å². The molecule has 1 aliphatic carbocycles. The number of carboxylic acids is 1. The minimum Gasteiger partial charge on any atom is -0.497 e. The summed E-state index contributed by atoms with van der Waals surface area (Å²) >= 11 is 0. The van der Waals surface area contributed by atoms with E-state index in [9.17, 15) is 9.90 Å². The summed E-state index contributed by atoms with van der Waals surface area (Å²) in [5, 5.41) is 20.1. The Morgan fingerprint density at radius 1 is 1.19 bits per heavy atom. The molecule has 1 saturated carbocycles. The zero-order valence-electron chi connectivity index (χ0n) is 16.1. The Labute approximate surface area is 159 Å². The molecule has 8 nitrogen and oxygen atoms in total. The molecule has 8 heteroatoms. The number of aliphatic hydroxyl groups is 1. The lowest BCUT2D eigenvalue weighted by atomic mass is 9.84. The normalized spacial score (nSPS) is 21.4. The van der Waals surface area contributed by atoms with Gasteiger partial charge in [-0.25, -0.2) is 0 Å². The Bertz CT molecular complexity index is 596. The fourth-order valence-corrected chi connectivity index (χ4v) is 2.89. The van der Waals surface area contributed by atoms with Crippen LogP contribution >= 0.6 is 0 Å². The van der Waals surface area contributed by atoms with E-state index in [1.165, 1.54) is 0 Å². The van der Waals surface area contributed by atoms with Gasteiger partial charge in [0.2, 0.25) is 5.91 Å². The maximum absolute atomic E-state index is 12.2. The minimum absolute atomic E-state index is 0.00851. The van der Waals surface area contributed by atoms with Crippen molar-refractivity contribution in [1.29, 1.82) is 0 Å². The summed E-state index contributed by atoms with van der Waals surface area (Å²) in [5.74, 6) is 0.473. The molecule has 5 N–H and O–H groups in total. The summed E-state index contributed by atoms with van der Waals surface area (Å²) in [6.07, 6.45) is 1.97. The van der Waals surface area contributed by atoms with E-state index in [0.29, 0.717) is 25.8 Å². The number of nitrogens with two attached hydrogens (primary N) is 1. The number of carbonyl (C=O) groups is 2. The molecule has 0 heterocycles. The summed E-state index contributed by atoms with van der Waals surface area (Å²) in [6, 6.07) is 5.47. The number of ether oxygens (including phenoxy) is 2. The van der Waals surface area contributed by atoms with Gasteiger partial charge in [0.05, 0.1) is 20.3 Å². The van der Waals surface area contributed by atoms with Crippen molar-refractivity contribution in [3.05, 3.63) is 23.8 Å². The predicted octanol–water partition coefficient (Wildman–Crippen LogP) is 0.942. The molecule has 152 valence electrons. The highest BCUT2D eigenvalue weighted by Crippen LogP contribution is 2.24. The Morgan fingerprint density at radius 2 is 1.74 bits per heavy atom. The predicted molar refractivity (Wildman–Crippen MR) is 101 cm³/mol. The van der Waals surface area contributed by atoms with Gasteiger partial charge in [0.1, 0.15) is 11.5 Å². The number of hydrogen-bond donors (Lipinski definition) is 4. The van der Waals surface area contributed by atoms with Crippen LogP contribution in [0.25, 0.3) is 0 Å². The van der Waals surface area contributed by atoms with Crippen LogP contribution in [-0.2, 0) is 16.0 Å². The molecule has 3 atom stereocenters. The second kappa shape index (κ2) is 11.4. The van der Waals surface area contributed by atoms with Gasteiger partial charge >= 0.3 is 0 Å². The molecule has 0 aromatic heterocycles. The van der Waals surface area contributed by atoms with Crippen molar-refractivity contribution >= 4 is 11.9 Å². The van der Waals surface area contributed by atoms with Crippen molar-refractivity contribution in [3.63, 3.8) is 0 Å². The largest absolute Gasteiger partial charge is 0.497 e. The average Bonchev–Trinajstić information content (AvgIpc) is 2.63. The van der Waals surface area contributed by atoms with Gasteiger partial charge in [-0.1, -0.05) is 0 Å². The lowest BCUT2D eigenvalue weighted by molar-refractivity contribution is -0.134. The average molecular weight is 382 g/mol. The van der Waals surface area contributed by atoms with Crippen molar-refractivity contribution in [2.24, 2.45) is 11.7 Å². The summed E-state index contributed by atoms with van der Waals surface area (Å²) < 4.78 is 10.5. The summed E-state index contributed by atoms with van der Waals surface area (Å²) in [7, 11) is 3.22. The standard InChI is InChI=1S/C17H26N2O4.C2H4O2/c1-22-13-7-11(8-14(10-13)23-2)5-6-19-17(21)12-3-4-15(18)16(20)9-12;1-2(3)4/h7-8,10,12,15-16,20H,3-6,9,18H2,1-2H3,(H,19,21);1H3,(H,3,4)/t12-,15+,16+;/m0./s1. The Morgan fingerprint density at radius 3 is 2.22 bits per heavy atom. The molecular weight excluding hydrogens is 352 g/mol. The van der Waals surface area contributed by atoms with E-state index in [4.69, 9.17) is 25.1 Å². The number of rotatable bonds is 6. The first-order chi connectivity index (χ1) is 12.8. The molecule has 0 spiro atoms. The topological polar surface area (TPSA) is 131 Å². The van der Waals surface area contributed by atoms with Gasteiger partial charge in [0.25, 0.3) is 5.97 Å². The quantitative estimate of drug-likeness (QED) is 0.576. The van der Waals surface area contributed by atoms with E-state index in [-0.39, 0.29) is 17.9 Å². The lowest BCUT2D eigenvalue weighted by Crippen LogP contribution is -2.44. The van der Waals surface area contributed by atoms with Crippen LogP contribution in [0.4, 0.5) is 0 Å². The second-order valence-electron chi connectivity index (χ2n) is 6.52. The monoisotopic (exact) mass is 382 g/mol. The molecule has 1 amide bonds. The van der Waals surface area contributed by atoms with Crippen LogP contribution in [0.2, 0.25) is 0 Å². The van der Waals surface area contributed by atoms with Crippen molar-refractivity contribution in [3.8, 4) is 11.5 Å². The molecule has 1 aromatic rings. The number of aliphatic hydroxyl groups excluding tert-OH is 1. The van der Waals surface area contributed by atoms with Gasteiger partial charge in [-0.05, 0) is 43.4 Å². The van der Waals surface area contributed by atoms with Gasteiger partial charge < -0.3 is 30.7 Å². The highest BCUT2D eigenvalue weighted by Gasteiger charge is 2.30. The number of carbonyl (C=O) groups excluding carboxylic acids is 1. The summed E-state index contributed by atoms with van der Waals surface area (Å²) in [5.41, 5.74) is 6.80. The van der Waals surface area contributed by atoms with E-state index >= 15 is 0 Å². The van der Waals surface area contributed by atoms with Gasteiger partial charge in [0, 0.05) is 31.5 Å². The lowest BCUT2D eigenvalue weighted by Gasteiger charge is -2.29. The van der Waals surface area contributed by atoms with Crippen LogP contribution in [0, 0.1) is 5.92 Å². The number of hydrogen-bond acceptors (Lipinski definition) is 6. The molecule has 2 rings (SSSR count). The van der Waals surface area contributed by atoms with Gasteiger partial charge in [-0.3, -0.25) is 9.59 Å². The Hall–Kier alpha value is -2.32. The van der Waals surface area contributed by atoms with Crippen LogP contribution < -0.4 is 20.5 Å². The molecule has 0 aliphatic heterocycles. The minimum atomic E-state index is -0.833. The number of benzene rings is 1.